The third-order valence-corrected chi connectivity index (χ3v) is 4.07. The van der Waals surface area contributed by atoms with E-state index in [4.69, 9.17) is 27.9 Å². The molecule has 0 heterocycles. The smallest absolute Gasteiger partial charge is 0.131 e. The summed E-state index contributed by atoms with van der Waals surface area (Å²) in [7, 11) is 0. The van der Waals surface area contributed by atoms with Crippen molar-refractivity contribution in [1.82, 2.24) is 5.32 Å². The summed E-state index contributed by atoms with van der Waals surface area (Å²) in [6, 6.07) is 10.0. The van der Waals surface area contributed by atoms with Gasteiger partial charge in [-0.15, -0.1) is 0 Å². The molecule has 0 amide bonds. The van der Waals surface area contributed by atoms with Crippen molar-refractivity contribution in [2.45, 2.75) is 32.9 Å². The van der Waals surface area contributed by atoms with Gasteiger partial charge in [-0.2, -0.15) is 0 Å². The highest BCUT2D eigenvalue weighted by Crippen LogP contribution is 2.26. The highest BCUT2D eigenvalue weighted by atomic mass is 35.5. The molecule has 124 valence electrons. The summed E-state index contributed by atoms with van der Waals surface area (Å²) in [5.74, 6) is 0.312. The van der Waals surface area contributed by atoms with Gasteiger partial charge in [0.2, 0.25) is 0 Å². The Morgan fingerprint density at radius 1 is 1.17 bits per heavy atom. The number of benzene rings is 2. The van der Waals surface area contributed by atoms with Gasteiger partial charge in [0.25, 0.3) is 0 Å². The van der Waals surface area contributed by atoms with Crippen LogP contribution in [-0.4, -0.2) is 6.54 Å². The first-order valence-electron chi connectivity index (χ1n) is 7.66. The lowest BCUT2D eigenvalue weighted by Crippen LogP contribution is -2.15. The number of halogens is 3. The Morgan fingerprint density at radius 3 is 2.74 bits per heavy atom. The van der Waals surface area contributed by atoms with E-state index in [1.807, 2.05) is 6.07 Å². The second-order valence-electron chi connectivity index (χ2n) is 5.27. The van der Waals surface area contributed by atoms with E-state index < -0.39 is 0 Å². The molecule has 0 unspecified atom stereocenters. The second kappa shape index (κ2) is 9.11. The zero-order valence-electron chi connectivity index (χ0n) is 13.0. The molecule has 0 spiro atoms. The zero-order chi connectivity index (χ0) is 16.7. The Labute approximate surface area is 146 Å². The number of nitrogens with one attached hydrogen (secondary N) is 1. The number of unbranched alkanes of at least 4 members (excludes halogenated alkanes) is 1. The van der Waals surface area contributed by atoms with Crippen molar-refractivity contribution in [2.75, 3.05) is 6.54 Å². The maximum atomic E-state index is 13.8. The van der Waals surface area contributed by atoms with Gasteiger partial charge >= 0.3 is 0 Å². The Kier molecular flexibility index (Phi) is 7.15. The maximum Gasteiger partial charge on any atom is 0.131 e. The van der Waals surface area contributed by atoms with Gasteiger partial charge in [0.15, 0.2) is 0 Å². The Balaban J connectivity index is 2.07. The summed E-state index contributed by atoms with van der Waals surface area (Å²) < 4.78 is 19.6. The van der Waals surface area contributed by atoms with Crippen molar-refractivity contribution in [3.05, 3.63) is 63.4 Å². The van der Waals surface area contributed by atoms with Gasteiger partial charge in [0, 0.05) is 22.7 Å². The van der Waals surface area contributed by atoms with E-state index >= 15 is 0 Å². The van der Waals surface area contributed by atoms with E-state index in [0.29, 0.717) is 27.9 Å². The van der Waals surface area contributed by atoms with Crippen molar-refractivity contribution in [3.63, 3.8) is 0 Å². The predicted molar refractivity (Wildman–Crippen MR) is 93.8 cm³/mol. The topological polar surface area (TPSA) is 21.3 Å². The maximum absolute atomic E-state index is 13.8. The molecule has 2 aromatic carbocycles. The summed E-state index contributed by atoms with van der Waals surface area (Å²) in [4.78, 5) is 0. The molecule has 1 N–H and O–H groups in total. The molecule has 23 heavy (non-hydrogen) atoms. The van der Waals surface area contributed by atoms with E-state index in [9.17, 15) is 4.39 Å². The molecule has 0 saturated carbocycles. The lowest BCUT2D eigenvalue weighted by molar-refractivity contribution is 0.296. The van der Waals surface area contributed by atoms with Crippen LogP contribution in [0.15, 0.2) is 36.4 Å². The quantitative estimate of drug-likeness (QED) is 0.622. The molecule has 0 atom stereocenters. The molecule has 2 nitrogen and oxygen atoms in total. The highest BCUT2D eigenvalue weighted by molar-refractivity contribution is 6.31. The average molecular weight is 356 g/mol. The van der Waals surface area contributed by atoms with Gasteiger partial charge in [-0.3, -0.25) is 0 Å². The second-order valence-corrected chi connectivity index (χ2v) is 6.11. The fourth-order valence-corrected chi connectivity index (χ4v) is 2.58. The Hall–Kier alpha value is -1.29. The summed E-state index contributed by atoms with van der Waals surface area (Å²) >= 11 is 12.1. The third kappa shape index (κ3) is 5.38. The van der Waals surface area contributed by atoms with Crippen LogP contribution in [0.5, 0.6) is 5.75 Å². The molecule has 0 bridgehead atoms. The van der Waals surface area contributed by atoms with Crippen LogP contribution in [0.25, 0.3) is 0 Å². The van der Waals surface area contributed by atoms with Crippen LogP contribution >= 0.6 is 23.2 Å². The van der Waals surface area contributed by atoms with Crippen molar-refractivity contribution in [3.8, 4) is 5.75 Å². The standard InChI is InChI=1S/C18H20Cl2FNO/c1-2-3-9-22-11-13-10-14(19)7-8-18(13)23-12-15-16(20)5-4-6-17(15)21/h4-8,10,22H,2-3,9,11-12H2,1H3. The number of ether oxygens (including phenoxy) is 1. The minimum absolute atomic E-state index is 0.0785. The molecule has 0 fully saturated rings. The lowest BCUT2D eigenvalue weighted by atomic mass is 10.2. The van der Waals surface area contributed by atoms with E-state index in [1.165, 1.54) is 6.07 Å². The fourth-order valence-electron chi connectivity index (χ4n) is 2.17. The molecular formula is C18H20Cl2FNO. The van der Waals surface area contributed by atoms with Crippen LogP contribution in [0.3, 0.4) is 0 Å². The minimum Gasteiger partial charge on any atom is -0.488 e. The van der Waals surface area contributed by atoms with Gasteiger partial charge in [0.1, 0.15) is 18.2 Å². The van der Waals surface area contributed by atoms with Gasteiger partial charge in [-0.05, 0) is 43.3 Å². The monoisotopic (exact) mass is 355 g/mol. The molecule has 0 aliphatic rings. The van der Waals surface area contributed by atoms with Crippen molar-refractivity contribution in [2.24, 2.45) is 0 Å². The summed E-state index contributed by atoms with van der Waals surface area (Å²) in [5, 5.41) is 4.36. The Morgan fingerprint density at radius 2 is 2.00 bits per heavy atom. The molecule has 2 aromatic rings. The summed E-state index contributed by atoms with van der Waals surface area (Å²) in [6.45, 7) is 3.81. The number of hydrogen-bond acceptors (Lipinski definition) is 2. The predicted octanol–water partition coefficient (Wildman–Crippen LogP) is 5.60. The van der Waals surface area contributed by atoms with Gasteiger partial charge < -0.3 is 10.1 Å². The normalized spacial score (nSPS) is 10.8. The van der Waals surface area contributed by atoms with Crippen LogP contribution in [0.4, 0.5) is 4.39 Å². The van der Waals surface area contributed by atoms with Crippen LogP contribution < -0.4 is 10.1 Å². The van der Waals surface area contributed by atoms with Crippen molar-refractivity contribution < 1.29 is 9.13 Å². The number of hydrogen-bond donors (Lipinski definition) is 1. The third-order valence-electron chi connectivity index (χ3n) is 3.48. The van der Waals surface area contributed by atoms with Gasteiger partial charge in [-0.25, -0.2) is 4.39 Å². The molecule has 0 aliphatic heterocycles. The fraction of sp³-hybridized carbons (Fsp3) is 0.333. The van der Waals surface area contributed by atoms with Crippen LogP contribution in [-0.2, 0) is 13.2 Å². The molecule has 0 aliphatic carbocycles. The molecule has 5 heteroatoms. The van der Waals surface area contributed by atoms with Crippen molar-refractivity contribution in [1.29, 1.82) is 0 Å². The van der Waals surface area contributed by atoms with E-state index in [2.05, 4.69) is 12.2 Å². The first-order valence-corrected chi connectivity index (χ1v) is 8.42. The zero-order valence-corrected chi connectivity index (χ0v) is 14.6. The largest absolute Gasteiger partial charge is 0.488 e. The minimum atomic E-state index is -0.367. The van der Waals surface area contributed by atoms with Crippen LogP contribution in [0.1, 0.15) is 30.9 Å². The van der Waals surface area contributed by atoms with Gasteiger partial charge in [-0.1, -0.05) is 42.6 Å². The number of rotatable bonds is 8. The van der Waals surface area contributed by atoms with Crippen LogP contribution in [0.2, 0.25) is 10.0 Å². The summed E-state index contributed by atoms with van der Waals surface area (Å²) in [5.41, 5.74) is 1.30. The summed E-state index contributed by atoms with van der Waals surface area (Å²) in [6.07, 6.45) is 2.25. The molecule has 0 radical (unpaired) electrons. The van der Waals surface area contributed by atoms with Crippen molar-refractivity contribution >= 4 is 23.2 Å². The Bertz CT molecular complexity index is 629. The van der Waals surface area contributed by atoms with E-state index in [-0.39, 0.29) is 12.4 Å². The molecule has 2 rings (SSSR count). The van der Waals surface area contributed by atoms with E-state index in [1.54, 1.807) is 24.3 Å². The first-order chi connectivity index (χ1) is 11.1. The highest BCUT2D eigenvalue weighted by Gasteiger charge is 2.10. The van der Waals surface area contributed by atoms with Gasteiger partial charge in [0.05, 0.1) is 5.02 Å². The molecule has 0 saturated heterocycles. The lowest BCUT2D eigenvalue weighted by Gasteiger charge is -2.14. The first kappa shape index (κ1) is 18.1. The SMILES string of the molecule is CCCCNCc1cc(Cl)ccc1OCc1c(F)cccc1Cl. The van der Waals surface area contributed by atoms with Crippen LogP contribution in [0, 0.1) is 5.82 Å². The molecule has 0 aromatic heterocycles. The average Bonchev–Trinajstić information content (AvgIpc) is 2.52. The molecular weight excluding hydrogens is 336 g/mol. The van der Waals surface area contributed by atoms with E-state index in [0.717, 1.165) is 24.9 Å².